The van der Waals surface area contributed by atoms with Crippen LogP contribution in [0.1, 0.15) is 24.5 Å². The van der Waals surface area contributed by atoms with Crippen LogP contribution in [0.4, 0.5) is 5.69 Å². The standard InChI is InChI=1S/C12H17N/c1-9-6-7-13-12-10(2)4-3-5-11(12)8-9/h3-5,9,13H,6-8H2,1-2H3. The minimum Gasteiger partial charge on any atom is -0.385 e. The topological polar surface area (TPSA) is 12.0 Å². The Labute approximate surface area is 80.2 Å². The summed E-state index contributed by atoms with van der Waals surface area (Å²) >= 11 is 0. The minimum absolute atomic E-state index is 0.815. The molecule has 0 saturated heterocycles. The third kappa shape index (κ3) is 1.69. The highest BCUT2D eigenvalue weighted by atomic mass is 14.9. The third-order valence-electron chi connectivity index (χ3n) is 2.87. The van der Waals surface area contributed by atoms with Crippen molar-refractivity contribution in [1.29, 1.82) is 0 Å². The first kappa shape index (κ1) is 8.61. The van der Waals surface area contributed by atoms with Gasteiger partial charge in [0.15, 0.2) is 0 Å². The van der Waals surface area contributed by atoms with Crippen molar-refractivity contribution < 1.29 is 0 Å². The molecule has 70 valence electrons. The molecular weight excluding hydrogens is 158 g/mol. The fraction of sp³-hybridized carbons (Fsp3) is 0.500. The van der Waals surface area contributed by atoms with Crippen LogP contribution >= 0.6 is 0 Å². The van der Waals surface area contributed by atoms with E-state index in [1.807, 2.05) is 0 Å². The molecule has 1 unspecified atom stereocenters. The lowest BCUT2D eigenvalue weighted by Gasteiger charge is -2.10. The first-order valence-electron chi connectivity index (χ1n) is 5.09. The highest BCUT2D eigenvalue weighted by Gasteiger charge is 2.13. The van der Waals surface area contributed by atoms with E-state index in [9.17, 15) is 0 Å². The maximum atomic E-state index is 3.52. The normalized spacial score (nSPS) is 21.5. The van der Waals surface area contributed by atoms with E-state index < -0.39 is 0 Å². The van der Waals surface area contributed by atoms with Gasteiger partial charge >= 0.3 is 0 Å². The van der Waals surface area contributed by atoms with E-state index in [-0.39, 0.29) is 0 Å². The summed E-state index contributed by atoms with van der Waals surface area (Å²) in [5.74, 6) is 0.815. The molecule has 1 heterocycles. The summed E-state index contributed by atoms with van der Waals surface area (Å²) in [6.45, 7) is 5.64. The number of anilines is 1. The molecule has 2 rings (SSSR count). The summed E-state index contributed by atoms with van der Waals surface area (Å²) in [7, 11) is 0. The maximum absolute atomic E-state index is 3.52. The lowest BCUT2D eigenvalue weighted by molar-refractivity contribution is 0.558. The summed E-state index contributed by atoms with van der Waals surface area (Å²) in [4.78, 5) is 0. The van der Waals surface area contributed by atoms with E-state index in [4.69, 9.17) is 0 Å². The Kier molecular flexibility index (Phi) is 2.26. The van der Waals surface area contributed by atoms with Gasteiger partial charge in [-0.1, -0.05) is 25.1 Å². The van der Waals surface area contributed by atoms with Crippen LogP contribution in [0.3, 0.4) is 0 Å². The van der Waals surface area contributed by atoms with Crippen molar-refractivity contribution >= 4 is 5.69 Å². The van der Waals surface area contributed by atoms with Crippen molar-refractivity contribution in [2.45, 2.75) is 26.7 Å². The van der Waals surface area contributed by atoms with Crippen LogP contribution in [0, 0.1) is 12.8 Å². The molecule has 1 aliphatic heterocycles. The van der Waals surface area contributed by atoms with Crippen LogP contribution in [-0.2, 0) is 6.42 Å². The second-order valence-electron chi connectivity index (χ2n) is 4.13. The molecule has 0 saturated carbocycles. The smallest absolute Gasteiger partial charge is 0.0402 e. The number of benzene rings is 1. The zero-order valence-corrected chi connectivity index (χ0v) is 8.43. The van der Waals surface area contributed by atoms with Gasteiger partial charge < -0.3 is 5.32 Å². The van der Waals surface area contributed by atoms with Gasteiger partial charge in [0.05, 0.1) is 0 Å². The van der Waals surface area contributed by atoms with Gasteiger partial charge in [-0.2, -0.15) is 0 Å². The fourth-order valence-electron chi connectivity index (χ4n) is 2.07. The maximum Gasteiger partial charge on any atom is 0.0402 e. The van der Waals surface area contributed by atoms with Crippen LogP contribution in [0.2, 0.25) is 0 Å². The predicted octanol–water partition coefficient (Wildman–Crippen LogP) is 2.99. The fourth-order valence-corrected chi connectivity index (χ4v) is 2.07. The van der Waals surface area contributed by atoms with Crippen molar-refractivity contribution in [1.82, 2.24) is 0 Å². The van der Waals surface area contributed by atoms with Gasteiger partial charge in [-0.05, 0) is 36.8 Å². The first-order valence-corrected chi connectivity index (χ1v) is 5.09. The van der Waals surface area contributed by atoms with Crippen molar-refractivity contribution in [3.63, 3.8) is 0 Å². The zero-order chi connectivity index (χ0) is 9.26. The summed E-state index contributed by atoms with van der Waals surface area (Å²) in [6.07, 6.45) is 2.51. The first-order chi connectivity index (χ1) is 6.27. The lowest BCUT2D eigenvalue weighted by atomic mass is 9.98. The molecule has 0 bridgehead atoms. The lowest BCUT2D eigenvalue weighted by Crippen LogP contribution is -2.02. The van der Waals surface area contributed by atoms with E-state index >= 15 is 0 Å². The molecule has 1 nitrogen and oxygen atoms in total. The number of hydrogen-bond donors (Lipinski definition) is 1. The zero-order valence-electron chi connectivity index (χ0n) is 8.43. The van der Waals surface area contributed by atoms with Gasteiger partial charge in [0.25, 0.3) is 0 Å². The molecule has 13 heavy (non-hydrogen) atoms. The summed E-state index contributed by atoms with van der Waals surface area (Å²) in [6, 6.07) is 6.59. The van der Waals surface area contributed by atoms with Gasteiger partial charge in [-0.15, -0.1) is 0 Å². The van der Waals surface area contributed by atoms with E-state index in [1.54, 1.807) is 0 Å². The number of rotatable bonds is 0. The number of fused-ring (bicyclic) bond motifs is 1. The second kappa shape index (κ2) is 3.41. The molecule has 1 N–H and O–H groups in total. The SMILES string of the molecule is Cc1cccc2c1NCCC(C)C2. The van der Waals surface area contributed by atoms with Crippen LogP contribution < -0.4 is 5.32 Å². The number of para-hydroxylation sites is 1. The molecule has 0 aliphatic carbocycles. The molecule has 1 atom stereocenters. The van der Waals surface area contributed by atoms with E-state index in [0.29, 0.717) is 0 Å². The quantitative estimate of drug-likeness (QED) is 0.639. The predicted molar refractivity (Wildman–Crippen MR) is 57.2 cm³/mol. The highest BCUT2D eigenvalue weighted by Crippen LogP contribution is 2.26. The molecular formula is C12H17N. The van der Waals surface area contributed by atoms with Gasteiger partial charge in [0.2, 0.25) is 0 Å². The monoisotopic (exact) mass is 175 g/mol. The summed E-state index contributed by atoms with van der Waals surface area (Å²) in [5, 5.41) is 3.52. The van der Waals surface area contributed by atoms with Gasteiger partial charge in [-0.25, -0.2) is 0 Å². The average molecular weight is 175 g/mol. The van der Waals surface area contributed by atoms with Crippen molar-refractivity contribution in [2.75, 3.05) is 11.9 Å². The Balaban J connectivity index is 2.39. The van der Waals surface area contributed by atoms with E-state index in [0.717, 1.165) is 12.5 Å². The Morgan fingerprint density at radius 1 is 1.38 bits per heavy atom. The van der Waals surface area contributed by atoms with Crippen molar-refractivity contribution in [3.05, 3.63) is 29.3 Å². The van der Waals surface area contributed by atoms with Crippen LogP contribution in [-0.4, -0.2) is 6.54 Å². The van der Waals surface area contributed by atoms with Gasteiger partial charge in [0.1, 0.15) is 0 Å². The van der Waals surface area contributed by atoms with Gasteiger partial charge in [0, 0.05) is 12.2 Å². The van der Waals surface area contributed by atoms with Gasteiger partial charge in [-0.3, -0.25) is 0 Å². The molecule has 1 heteroatoms. The Hall–Kier alpha value is -0.980. The number of hydrogen-bond acceptors (Lipinski definition) is 1. The van der Waals surface area contributed by atoms with E-state index in [1.165, 1.54) is 29.7 Å². The van der Waals surface area contributed by atoms with Crippen molar-refractivity contribution in [3.8, 4) is 0 Å². The third-order valence-corrected chi connectivity index (χ3v) is 2.87. The molecule has 1 aromatic carbocycles. The Morgan fingerprint density at radius 3 is 3.08 bits per heavy atom. The molecule has 0 aromatic heterocycles. The van der Waals surface area contributed by atoms with Crippen LogP contribution in [0.5, 0.6) is 0 Å². The number of nitrogens with one attached hydrogen (secondary N) is 1. The molecule has 1 aromatic rings. The molecule has 1 aliphatic rings. The Bertz CT molecular complexity index is 304. The average Bonchev–Trinajstić information content (AvgIpc) is 2.27. The summed E-state index contributed by atoms with van der Waals surface area (Å²) < 4.78 is 0. The number of aryl methyl sites for hydroxylation is 1. The highest BCUT2D eigenvalue weighted by molar-refractivity contribution is 5.57. The molecule has 0 fully saturated rings. The second-order valence-corrected chi connectivity index (χ2v) is 4.13. The summed E-state index contributed by atoms with van der Waals surface area (Å²) in [5.41, 5.74) is 4.25. The molecule has 0 amide bonds. The largest absolute Gasteiger partial charge is 0.385 e. The van der Waals surface area contributed by atoms with E-state index in [2.05, 4.69) is 37.4 Å². The van der Waals surface area contributed by atoms with Crippen LogP contribution in [0.15, 0.2) is 18.2 Å². The van der Waals surface area contributed by atoms with Crippen LogP contribution in [0.25, 0.3) is 0 Å². The molecule has 0 radical (unpaired) electrons. The Morgan fingerprint density at radius 2 is 2.23 bits per heavy atom. The van der Waals surface area contributed by atoms with Crippen molar-refractivity contribution in [2.24, 2.45) is 5.92 Å². The molecule has 0 spiro atoms. The minimum atomic E-state index is 0.815.